The summed E-state index contributed by atoms with van der Waals surface area (Å²) in [5.41, 5.74) is 3.85. The van der Waals surface area contributed by atoms with Crippen LogP contribution in [0.2, 0.25) is 5.02 Å². The molecule has 0 saturated heterocycles. The Hall–Kier alpha value is -2.00. The lowest BCUT2D eigenvalue weighted by Crippen LogP contribution is -1.95. The monoisotopic (exact) mass is 286 g/mol. The first-order chi connectivity index (χ1) is 9.65. The van der Waals surface area contributed by atoms with E-state index in [4.69, 9.17) is 16.8 Å². The summed E-state index contributed by atoms with van der Waals surface area (Å²) in [4.78, 5) is 0. The average Bonchev–Trinajstić information content (AvgIpc) is 2.78. The summed E-state index contributed by atoms with van der Waals surface area (Å²) in [5.74, 6) is 0. The molecule has 0 fully saturated rings. The number of benzene rings is 2. The second-order valence-corrected chi connectivity index (χ2v) is 5.26. The maximum atomic E-state index is 8.93. The Morgan fingerprint density at radius 1 is 1.15 bits per heavy atom. The number of hydrogen-bond acceptors (Lipinski definition) is 2. The van der Waals surface area contributed by atoms with Crippen LogP contribution in [0, 0.1) is 0 Å². The van der Waals surface area contributed by atoms with E-state index in [0.717, 1.165) is 27.9 Å². The Morgan fingerprint density at radius 2 is 1.80 bits per heavy atom. The quantitative estimate of drug-likeness (QED) is 0.415. The molecule has 1 heterocycles. The first kappa shape index (κ1) is 13.0. The van der Waals surface area contributed by atoms with Gasteiger partial charge < -0.3 is 9.77 Å². The highest BCUT2D eigenvalue weighted by Gasteiger charge is 2.11. The lowest BCUT2D eigenvalue weighted by atomic mass is 10.1. The molecule has 3 aromatic rings. The van der Waals surface area contributed by atoms with E-state index >= 15 is 0 Å². The van der Waals surface area contributed by atoms with Gasteiger partial charge in [-0.3, -0.25) is 0 Å². The Bertz CT molecular complexity index is 833. The normalized spacial score (nSPS) is 12.4. The van der Waals surface area contributed by atoms with Gasteiger partial charge in [-0.25, -0.2) is 0 Å². The SMILES string of the molecule is CCn1c2ccc(Cl)cc2c2cc(/C(C)=N/O)ccc21. The van der Waals surface area contributed by atoms with Gasteiger partial charge in [-0.15, -0.1) is 0 Å². The van der Waals surface area contributed by atoms with Gasteiger partial charge in [0.15, 0.2) is 0 Å². The van der Waals surface area contributed by atoms with E-state index in [9.17, 15) is 0 Å². The number of nitrogens with zero attached hydrogens (tertiary/aromatic N) is 2. The molecule has 102 valence electrons. The van der Waals surface area contributed by atoms with Crippen LogP contribution in [0.4, 0.5) is 0 Å². The van der Waals surface area contributed by atoms with Crippen molar-refractivity contribution in [1.82, 2.24) is 4.57 Å². The number of oxime groups is 1. The minimum atomic E-state index is 0.603. The van der Waals surface area contributed by atoms with Crippen LogP contribution in [0.25, 0.3) is 21.8 Å². The molecule has 2 aromatic carbocycles. The van der Waals surface area contributed by atoms with Gasteiger partial charge in [0.1, 0.15) is 0 Å². The highest BCUT2D eigenvalue weighted by atomic mass is 35.5. The summed E-state index contributed by atoms with van der Waals surface area (Å²) in [5, 5.41) is 15.2. The molecule has 0 unspecified atom stereocenters. The summed E-state index contributed by atoms with van der Waals surface area (Å²) in [6, 6.07) is 12.0. The zero-order valence-electron chi connectivity index (χ0n) is 11.4. The van der Waals surface area contributed by atoms with Crippen molar-refractivity contribution in [1.29, 1.82) is 0 Å². The number of halogens is 1. The van der Waals surface area contributed by atoms with Gasteiger partial charge in [0.05, 0.1) is 5.71 Å². The van der Waals surface area contributed by atoms with Gasteiger partial charge in [-0.05, 0) is 49.7 Å². The first-order valence-electron chi connectivity index (χ1n) is 6.56. The highest BCUT2D eigenvalue weighted by Crippen LogP contribution is 2.31. The topological polar surface area (TPSA) is 37.5 Å². The molecule has 0 saturated carbocycles. The minimum absolute atomic E-state index is 0.603. The van der Waals surface area contributed by atoms with Gasteiger partial charge in [-0.2, -0.15) is 0 Å². The Labute approximate surface area is 122 Å². The van der Waals surface area contributed by atoms with Crippen LogP contribution in [0.5, 0.6) is 0 Å². The largest absolute Gasteiger partial charge is 0.411 e. The molecule has 0 amide bonds. The van der Waals surface area contributed by atoms with Crippen molar-refractivity contribution in [2.45, 2.75) is 20.4 Å². The second kappa shape index (κ2) is 4.84. The fourth-order valence-corrected chi connectivity index (χ4v) is 2.87. The van der Waals surface area contributed by atoms with Crippen molar-refractivity contribution in [3.05, 3.63) is 47.0 Å². The second-order valence-electron chi connectivity index (χ2n) is 4.82. The van der Waals surface area contributed by atoms with Crippen LogP contribution in [0.15, 0.2) is 41.6 Å². The maximum absolute atomic E-state index is 8.93. The predicted molar refractivity (Wildman–Crippen MR) is 84.1 cm³/mol. The molecule has 0 aliphatic rings. The molecule has 0 atom stereocenters. The summed E-state index contributed by atoms with van der Waals surface area (Å²) < 4.78 is 2.26. The van der Waals surface area contributed by atoms with Crippen molar-refractivity contribution in [3.63, 3.8) is 0 Å². The molecule has 0 aliphatic heterocycles. The lowest BCUT2D eigenvalue weighted by Gasteiger charge is -2.03. The van der Waals surface area contributed by atoms with Crippen molar-refractivity contribution in [2.24, 2.45) is 5.16 Å². The molecule has 0 aliphatic carbocycles. The van der Waals surface area contributed by atoms with Gasteiger partial charge in [-0.1, -0.05) is 22.8 Å². The van der Waals surface area contributed by atoms with E-state index in [1.54, 1.807) is 6.92 Å². The molecule has 4 heteroatoms. The smallest absolute Gasteiger partial charge is 0.0837 e. The number of rotatable bonds is 2. The Balaban J connectivity index is 2.44. The number of aromatic nitrogens is 1. The maximum Gasteiger partial charge on any atom is 0.0837 e. The van der Waals surface area contributed by atoms with Crippen molar-refractivity contribution in [2.75, 3.05) is 0 Å². The summed E-state index contributed by atoms with van der Waals surface area (Å²) in [7, 11) is 0. The van der Waals surface area contributed by atoms with Crippen LogP contribution < -0.4 is 0 Å². The molecule has 3 rings (SSSR count). The number of hydrogen-bond donors (Lipinski definition) is 1. The Kier molecular flexibility index (Phi) is 3.14. The molecule has 1 aromatic heterocycles. The third-order valence-electron chi connectivity index (χ3n) is 3.71. The van der Waals surface area contributed by atoms with Crippen LogP contribution in [0.1, 0.15) is 19.4 Å². The predicted octanol–water partition coefficient (Wildman–Crippen LogP) is 4.67. The van der Waals surface area contributed by atoms with Crippen LogP contribution in [-0.4, -0.2) is 15.5 Å². The molecule has 1 N–H and O–H groups in total. The molecule has 0 spiro atoms. The van der Waals surface area contributed by atoms with E-state index in [1.807, 2.05) is 24.3 Å². The number of aryl methyl sites for hydroxylation is 1. The first-order valence-corrected chi connectivity index (χ1v) is 6.94. The zero-order chi connectivity index (χ0) is 14.3. The molecular formula is C16H15ClN2O. The van der Waals surface area contributed by atoms with Gasteiger partial charge in [0, 0.05) is 33.4 Å². The fraction of sp³-hybridized carbons (Fsp3) is 0.188. The third kappa shape index (κ3) is 1.86. The van der Waals surface area contributed by atoms with Crippen molar-refractivity contribution < 1.29 is 5.21 Å². The summed E-state index contributed by atoms with van der Waals surface area (Å²) in [6.45, 7) is 4.81. The average molecular weight is 287 g/mol. The molecule has 0 radical (unpaired) electrons. The summed E-state index contributed by atoms with van der Waals surface area (Å²) in [6.07, 6.45) is 0. The Morgan fingerprint density at radius 3 is 2.45 bits per heavy atom. The van der Waals surface area contributed by atoms with Crippen LogP contribution in [-0.2, 0) is 6.54 Å². The van der Waals surface area contributed by atoms with Gasteiger partial charge in [0.2, 0.25) is 0 Å². The fourth-order valence-electron chi connectivity index (χ4n) is 2.70. The van der Waals surface area contributed by atoms with Crippen molar-refractivity contribution in [3.8, 4) is 0 Å². The van der Waals surface area contributed by atoms with Crippen molar-refractivity contribution >= 4 is 39.1 Å². The van der Waals surface area contributed by atoms with E-state index in [-0.39, 0.29) is 0 Å². The van der Waals surface area contributed by atoms with E-state index in [0.29, 0.717) is 5.71 Å². The van der Waals surface area contributed by atoms with Crippen LogP contribution >= 0.6 is 11.6 Å². The molecule has 0 bridgehead atoms. The zero-order valence-corrected chi connectivity index (χ0v) is 12.1. The summed E-state index contributed by atoms with van der Waals surface area (Å²) >= 11 is 6.13. The van der Waals surface area contributed by atoms with Gasteiger partial charge >= 0.3 is 0 Å². The molecular weight excluding hydrogens is 272 g/mol. The van der Waals surface area contributed by atoms with E-state index < -0.39 is 0 Å². The van der Waals surface area contributed by atoms with E-state index in [1.165, 1.54) is 11.0 Å². The standard InChI is InChI=1S/C16H15ClN2O/c1-3-19-15-6-4-11(10(2)18-20)8-13(15)14-9-12(17)5-7-16(14)19/h4-9,20H,3H2,1-2H3/b18-10+. The molecule has 20 heavy (non-hydrogen) atoms. The third-order valence-corrected chi connectivity index (χ3v) is 3.95. The lowest BCUT2D eigenvalue weighted by molar-refractivity contribution is 0.319. The van der Waals surface area contributed by atoms with Crippen LogP contribution in [0.3, 0.4) is 0 Å². The highest BCUT2D eigenvalue weighted by molar-refractivity contribution is 6.32. The van der Waals surface area contributed by atoms with E-state index in [2.05, 4.69) is 28.8 Å². The molecule has 3 nitrogen and oxygen atoms in total. The number of fused-ring (bicyclic) bond motifs is 3. The minimum Gasteiger partial charge on any atom is -0.411 e. The van der Waals surface area contributed by atoms with Gasteiger partial charge in [0.25, 0.3) is 0 Å².